The van der Waals surface area contributed by atoms with E-state index in [2.05, 4.69) is 10.6 Å². The molecule has 7 nitrogen and oxygen atoms in total. The van der Waals surface area contributed by atoms with E-state index < -0.39 is 0 Å². The molecular formula is C16H22N2O5. The van der Waals surface area contributed by atoms with Gasteiger partial charge in [-0.3, -0.25) is 9.59 Å². The van der Waals surface area contributed by atoms with Crippen molar-refractivity contribution >= 4 is 23.2 Å². The first-order valence-electron chi connectivity index (χ1n) is 7.49. The second-order valence-electron chi connectivity index (χ2n) is 5.27. The Morgan fingerprint density at radius 2 is 1.96 bits per heavy atom. The van der Waals surface area contributed by atoms with Crippen LogP contribution in [0.15, 0.2) is 18.2 Å². The van der Waals surface area contributed by atoms with Crippen LogP contribution in [-0.2, 0) is 19.1 Å². The molecule has 0 saturated carbocycles. The molecule has 0 radical (unpaired) electrons. The van der Waals surface area contributed by atoms with Crippen molar-refractivity contribution in [1.82, 2.24) is 0 Å². The van der Waals surface area contributed by atoms with Gasteiger partial charge in [-0.2, -0.15) is 0 Å². The summed E-state index contributed by atoms with van der Waals surface area (Å²) in [5.74, 6) is 0.141. The zero-order chi connectivity index (χ0) is 16.7. The van der Waals surface area contributed by atoms with Crippen molar-refractivity contribution in [3.05, 3.63) is 18.2 Å². The largest absolute Gasteiger partial charge is 0.495 e. The maximum absolute atomic E-state index is 12.3. The first-order chi connectivity index (χ1) is 11.1. The van der Waals surface area contributed by atoms with E-state index >= 15 is 0 Å². The Kier molecular flexibility index (Phi) is 6.37. The quantitative estimate of drug-likeness (QED) is 0.831. The SMILES string of the molecule is COCC(=O)Nc1cc(NC(=O)C2CCOCC2)ccc1OC. The van der Waals surface area contributed by atoms with E-state index in [-0.39, 0.29) is 24.3 Å². The van der Waals surface area contributed by atoms with Crippen LogP contribution >= 0.6 is 0 Å². The van der Waals surface area contributed by atoms with Gasteiger partial charge in [-0.1, -0.05) is 0 Å². The number of ether oxygens (including phenoxy) is 3. The van der Waals surface area contributed by atoms with Gasteiger partial charge in [0.15, 0.2) is 0 Å². The molecule has 2 N–H and O–H groups in total. The zero-order valence-corrected chi connectivity index (χ0v) is 13.4. The maximum atomic E-state index is 12.3. The van der Waals surface area contributed by atoms with Crippen molar-refractivity contribution in [2.45, 2.75) is 12.8 Å². The van der Waals surface area contributed by atoms with E-state index in [0.29, 0.717) is 30.3 Å². The molecule has 0 aromatic heterocycles. The molecule has 0 aliphatic carbocycles. The average molecular weight is 322 g/mol. The van der Waals surface area contributed by atoms with E-state index in [4.69, 9.17) is 14.2 Å². The number of carbonyl (C=O) groups excluding carboxylic acids is 2. The van der Waals surface area contributed by atoms with Crippen molar-refractivity contribution in [2.24, 2.45) is 5.92 Å². The van der Waals surface area contributed by atoms with Crippen LogP contribution in [0.25, 0.3) is 0 Å². The molecule has 0 bridgehead atoms. The molecule has 1 fully saturated rings. The fourth-order valence-corrected chi connectivity index (χ4v) is 2.40. The van der Waals surface area contributed by atoms with E-state index in [9.17, 15) is 9.59 Å². The molecule has 1 aromatic rings. The molecule has 2 rings (SSSR count). The highest BCUT2D eigenvalue weighted by Gasteiger charge is 2.21. The Bertz CT molecular complexity index is 555. The summed E-state index contributed by atoms with van der Waals surface area (Å²) in [4.78, 5) is 23.9. The highest BCUT2D eigenvalue weighted by molar-refractivity contribution is 5.96. The van der Waals surface area contributed by atoms with Crippen LogP contribution in [0, 0.1) is 5.92 Å². The van der Waals surface area contributed by atoms with Gasteiger partial charge in [0.05, 0.1) is 12.8 Å². The third kappa shape index (κ3) is 4.94. The summed E-state index contributed by atoms with van der Waals surface area (Å²) >= 11 is 0. The highest BCUT2D eigenvalue weighted by atomic mass is 16.5. The van der Waals surface area contributed by atoms with Gasteiger partial charge in [0.2, 0.25) is 11.8 Å². The van der Waals surface area contributed by atoms with Gasteiger partial charge >= 0.3 is 0 Å². The first kappa shape index (κ1) is 17.2. The van der Waals surface area contributed by atoms with E-state index in [1.807, 2.05) is 0 Å². The summed E-state index contributed by atoms with van der Waals surface area (Å²) in [6, 6.07) is 5.10. The lowest BCUT2D eigenvalue weighted by atomic mass is 9.99. The van der Waals surface area contributed by atoms with Crippen LogP contribution in [0.3, 0.4) is 0 Å². The van der Waals surface area contributed by atoms with E-state index in [0.717, 1.165) is 12.8 Å². The fraction of sp³-hybridized carbons (Fsp3) is 0.500. The van der Waals surface area contributed by atoms with Crippen molar-refractivity contribution in [1.29, 1.82) is 0 Å². The molecule has 23 heavy (non-hydrogen) atoms. The Morgan fingerprint density at radius 3 is 2.61 bits per heavy atom. The molecule has 1 saturated heterocycles. The highest BCUT2D eigenvalue weighted by Crippen LogP contribution is 2.28. The number of hydrogen-bond donors (Lipinski definition) is 2. The molecule has 7 heteroatoms. The predicted molar refractivity (Wildman–Crippen MR) is 85.7 cm³/mol. The van der Waals surface area contributed by atoms with Gasteiger partial charge in [0.25, 0.3) is 0 Å². The number of anilines is 2. The molecular weight excluding hydrogens is 300 g/mol. The average Bonchev–Trinajstić information content (AvgIpc) is 2.56. The standard InChI is InChI=1S/C16H22N2O5/c1-21-10-15(19)18-13-9-12(3-4-14(13)22-2)17-16(20)11-5-7-23-8-6-11/h3-4,9,11H,5-8,10H2,1-2H3,(H,17,20)(H,18,19). The van der Waals surface area contributed by atoms with Crippen molar-refractivity contribution in [2.75, 3.05) is 44.7 Å². The van der Waals surface area contributed by atoms with Crippen LogP contribution in [0.1, 0.15) is 12.8 Å². The van der Waals surface area contributed by atoms with Gasteiger partial charge < -0.3 is 24.8 Å². The van der Waals surface area contributed by atoms with Gasteiger partial charge in [-0.15, -0.1) is 0 Å². The lowest BCUT2D eigenvalue weighted by Crippen LogP contribution is -2.28. The zero-order valence-electron chi connectivity index (χ0n) is 13.4. The molecule has 1 aliphatic rings. The summed E-state index contributed by atoms with van der Waals surface area (Å²) in [6.45, 7) is 1.17. The van der Waals surface area contributed by atoms with Crippen molar-refractivity contribution in [3.8, 4) is 5.75 Å². The van der Waals surface area contributed by atoms with Gasteiger partial charge in [-0.25, -0.2) is 0 Å². The number of hydrogen-bond acceptors (Lipinski definition) is 5. The van der Waals surface area contributed by atoms with Crippen LogP contribution in [0.4, 0.5) is 11.4 Å². The number of amides is 2. The number of rotatable bonds is 6. The maximum Gasteiger partial charge on any atom is 0.250 e. The van der Waals surface area contributed by atoms with Crippen LogP contribution in [0.2, 0.25) is 0 Å². The second kappa shape index (κ2) is 8.50. The monoisotopic (exact) mass is 322 g/mol. The minimum Gasteiger partial charge on any atom is -0.495 e. The number of benzene rings is 1. The molecule has 1 aromatic carbocycles. The third-order valence-corrected chi connectivity index (χ3v) is 3.61. The Hall–Kier alpha value is -2.12. The second-order valence-corrected chi connectivity index (χ2v) is 5.27. The summed E-state index contributed by atoms with van der Waals surface area (Å²) < 4.78 is 15.3. The Morgan fingerprint density at radius 1 is 1.22 bits per heavy atom. The molecule has 1 aliphatic heterocycles. The Balaban J connectivity index is 2.06. The molecule has 126 valence electrons. The van der Waals surface area contributed by atoms with Gasteiger partial charge in [0.1, 0.15) is 12.4 Å². The predicted octanol–water partition coefficient (Wildman–Crippen LogP) is 1.65. The molecule has 2 amide bonds. The minimum atomic E-state index is -0.293. The number of carbonyl (C=O) groups is 2. The molecule has 0 unspecified atom stereocenters. The topological polar surface area (TPSA) is 85.9 Å². The minimum absolute atomic E-state index is 0.0346. The fourth-order valence-electron chi connectivity index (χ4n) is 2.40. The van der Waals surface area contributed by atoms with E-state index in [1.165, 1.54) is 14.2 Å². The van der Waals surface area contributed by atoms with Gasteiger partial charge in [0, 0.05) is 31.9 Å². The lowest BCUT2D eigenvalue weighted by Gasteiger charge is -2.21. The van der Waals surface area contributed by atoms with Crippen LogP contribution in [0.5, 0.6) is 5.75 Å². The normalized spacial score (nSPS) is 15.0. The van der Waals surface area contributed by atoms with Gasteiger partial charge in [-0.05, 0) is 31.0 Å². The van der Waals surface area contributed by atoms with Crippen LogP contribution < -0.4 is 15.4 Å². The summed E-state index contributed by atoms with van der Waals surface area (Å²) in [5, 5.41) is 5.57. The molecule has 1 heterocycles. The Labute approximate surface area is 135 Å². The van der Waals surface area contributed by atoms with Crippen LogP contribution in [-0.4, -0.2) is 45.9 Å². The molecule has 0 atom stereocenters. The smallest absolute Gasteiger partial charge is 0.250 e. The molecule has 0 spiro atoms. The summed E-state index contributed by atoms with van der Waals surface area (Å²) in [7, 11) is 2.96. The third-order valence-electron chi connectivity index (χ3n) is 3.61. The van der Waals surface area contributed by atoms with Crippen molar-refractivity contribution in [3.63, 3.8) is 0 Å². The number of nitrogens with one attached hydrogen (secondary N) is 2. The summed E-state index contributed by atoms with van der Waals surface area (Å²) in [5.41, 5.74) is 1.09. The lowest BCUT2D eigenvalue weighted by molar-refractivity contribution is -0.122. The first-order valence-corrected chi connectivity index (χ1v) is 7.49. The van der Waals surface area contributed by atoms with Crippen molar-refractivity contribution < 1.29 is 23.8 Å². The van der Waals surface area contributed by atoms with E-state index in [1.54, 1.807) is 18.2 Å². The summed E-state index contributed by atoms with van der Waals surface area (Å²) in [6.07, 6.45) is 1.44. The number of methoxy groups -OCH3 is 2.